The Morgan fingerprint density at radius 1 is 1.45 bits per heavy atom. The summed E-state index contributed by atoms with van der Waals surface area (Å²) in [6.45, 7) is 4.65. The third-order valence-electron chi connectivity index (χ3n) is 3.47. The van der Waals surface area contributed by atoms with Crippen LogP contribution in [-0.4, -0.2) is 47.9 Å². The lowest BCUT2D eigenvalue weighted by Gasteiger charge is -2.36. The van der Waals surface area contributed by atoms with Crippen LogP contribution in [0.1, 0.15) is 23.7 Å². The number of carbonyl (C=O) groups excluding carboxylic acids is 1. The molecule has 0 aliphatic carbocycles. The average Bonchev–Trinajstić information content (AvgIpc) is 2.79. The van der Waals surface area contributed by atoms with Crippen LogP contribution in [0.15, 0.2) is 6.07 Å². The number of hydrogen-bond acceptors (Lipinski definition) is 4. The SMILES string of the molecule is CCC(C#N)N1CCN(C(=O)c2cc(Cl)sc2Cl)CC1. The van der Waals surface area contributed by atoms with Crippen molar-refractivity contribution in [3.63, 3.8) is 0 Å². The third kappa shape index (κ3) is 3.26. The average molecular weight is 332 g/mol. The topological polar surface area (TPSA) is 47.3 Å². The molecule has 1 fully saturated rings. The van der Waals surface area contributed by atoms with Crippen LogP contribution >= 0.6 is 34.5 Å². The molecule has 1 unspecified atom stereocenters. The Balaban J connectivity index is 1.99. The van der Waals surface area contributed by atoms with Crippen LogP contribution in [-0.2, 0) is 0 Å². The van der Waals surface area contributed by atoms with Crippen LogP contribution in [0.2, 0.25) is 8.67 Å². The Morgan fingerprint density at radius 3 is 2.55 bits per heavy atom. The van der Waals surface area contributed by atoms with Crippen molar-refractivity contribution < 1.29 is 4.79 Å². The largest absolute Gasteiger partial charge is 0.336 e. The Bertz CT molecular complexity index is 532. The summed E-state index contributed by atoms with van der Waals surface area (Å²) in [5, 5.41) is 9.07. The Morgan fingerprint density at radius 2 is 2.10 bits per heavy atom. The van der Waals surface area contributed by atoms with Crippen LogP contribution in [0.25, 0.3) is 0 Å². The van der Waals surface area contributed by atoms with Crippen LogP contribution in [0.4, 0.5) is 0 Å². The molecule has 108 valence electrons. The maximum absolute atomic E-state index is 12.4. The second kappa shape index (κ2) is 6.77. The van der Waals surface area contributed by atoms with Gasteiger partial charge in [0.15, 0.2) is 0 Å². The number of rotatable bonds is 3. The summed E-state index contributed by atoms with van der Waals surface area (Å²) in [6, 6.07) is 3.85. The van der Waals surface area contributed by atoms with Crippen LogP contribution in [0, 0.1) is 11.3 Å². The van der Waals surface area contributed by atoms with E-state index in [1.54, 1.807) is 11.0 Å². The minimum Gasteiger partial charge on any atom is -0.336 e. The molecule has 1 saturated heterocycles. The molecule has 1 aliphatic rings. The van der Waals surface area contributed by atoms with Gasteiger partial charge in [-0.1, -0.05) is 30.1 Å². The molecule has 0 saturated carbocycles. The van der Waals surface area contributed by atoms with Gasteiger partial charge in [0.05, 0.1) is 22.0 Å². The maximum atomic E-state index is 12.4. The predicted octanol–water partition coefficient (Wildman–Crippen LogP) is 3.11. The first kappa shape index (κ1) is 15.6. The molecule has 0 bridgehead atoms. The molecule has 0 N–H and O–H groups in total. The molecule has 7 heteroatoms. The van der Waals surface area contributed by atoms with E-state index in [0.717, 1.165) is 6.42 Å². The summed E-state index contributed by atoms with van der Waals surface area (Å²) in [5.74, 6) is -0.0807. The summed E-state index contributed by atoms with van der Waals surface area (Å²) in [4.78, 5) is 16.2. The summed E-state index contributed by atoms with van der Waals surface area (Å²) in [7, 11) is 0. The van der Waals surface area contributed by atoms with Crippen molar-refractivity contribution in [1.29, 1.82) is 5.26 Å². The molecule has 0 aromatic carbocycles. The van der Waals surface area contributed by atoms with Crippen LogP contribution in [0.5, 0.6) is 0 Å². The van der Waals surface area contributed by atoms with Gasteiger partial charge in [0.2, 0.25) is 0 Å². The molecule has 20 heavy (non-hydrogen) atoms. The van der Waals surface area contributed by atoms with Gasteiger partial charge in [-0.15, -0.1) is 11.3 Å². The van der Waals surface area contributed by atoms with E-state index in [9.17, 15) is 4.79 Å². The second-order valence-electron chi connectivity index (χ2n) is 4.62. The quantitative estimate of drug-likeness (QED) is 0.854. The highest BCUT2D eigenvalue weighted by Crippen LogP contribution is 2.32. The van der Waals surface area contributed by atoms with Gasteiger partial charge in [0.25, 0.3) is 5.91 Å². The zero-order valence-electron chi connectivity index (χ0n) is 11.1. The highest BCUT2D eigenvalue weighted by Gasteiger charge is 2.27. The van der Waals surface area contributed by atoms with Crippen molar-refractivity contribution in [3.8, 4) is 6.07 Å². The van der Waals surface area contributed by atoms with E-state index in [0.29, 0.717) is 40.4 Å². The number of nitriles is 1. The molecule has 1 atom stereocenters. The lowest BCUT2D eigenvalue weighted by molar-refractivity contribution is 0.0605. The zero-order valence-corrected chi connectivity index (χ0v) is 13.4. The molecule has 1 aliphatic heterocycles. The van der Waals surface area contributed by atoms with Crippen molar-refractivity contribution >= 4 is 40.4 Å². The number of thiophene rings is 1. The van der Waals surface area contributed by atoms with Gasteiger partial charge in [-0.3, -0.25) is 9.69 Å². The van der Waals surface area contributed by atoms with E-state index < -0.39 is 0 Å². The first-order valence-electron chi connectivity index (χ1n) is 6.44. The lowest BCUT2D eigenvalue weighted by atomic mass is 10.1. The first-order chi connectivity index (χ1) is 9.56. The van der Waals surface area contributed by atoms with Gasteiger partial charge in [-0.05, 0) is 12.5 Å². The highest BCUT2D eigenvalue weighted by molar-refractivity contribution is 7.20. The molecule has 0 radical (unpaired) electrons. The van der Waals surface area contributed by atoms with E-state index in [4.69, 9.17) is 28.5 Å². The lowest BCUT2D eigenvalue weighted by Crippen LogP contribution is -2.51. The van der Waals surface area contributed by atoms with E-state index in [1.807, 2.05) is 6.92 Å². The van der Waals surface area contributed by atoms with Crippen molar-refractivity contribution in [2.45, 2.75) is 19.4 Å². The molecule has 1 amide bonds. The van der Waals surface area contributed by atoms with Crippen molar-refractivity contribution in [1.82, 2.24) is 9.80 Å². The summed E-state index contributed by atoms with van der Waals surface area (Å²) in [5.41, 5.74) is 0.474. The Labute approximate surface area is 132 Å². The normalized spacial score (nSPS) is 17.8. The van der Waals surface area contributed by atoms with E-state index in [-0.39, 0.29) is 11.9 Å². The first-order valence-corrected chi connectivity index (χ1v) is 8.01. The second-order valence-corrected chi connectivity index (χ2v) is 6.90. The number of nitrogens with zero attached hydrogens (tertiary/aromatic N) is 3. The molecule has 4 nitrogen and oxygen atoms in total. The molecular formula is C13H15Cl2N3OS. The van der Waals surface area contributed by atoms with E-state index >= 15 is 0 Å². The fraction of sp³-hybridized carbons (Fsp3) is 0.538. The number of piperazine rings is 1. The fourth-order valence-electron chi connectivity index (χ4n) is 2.32. The highest BCUT2D eigenvalue weighted by atomic mass is 35.5. The van der Waals surface area contributed by atoms with Crippen molar-refractivity contribution in [2.75, 3.05) is 26.2 Å². The van der Waals surface area contributed by atoms with Crippen LogP contribution < -0.4 is 0 Å². The molecular weight excluding hydrogens is 317 g/mol. The van der Waals surface area contributed by atoms with Gasteiger partial charge in [0, 0.05) is 26.2 Å². The predicted molar refractivity (Wildman–Crippen MR) is 81.5 cm³/mol. The zero-order chi connectivity index (χ0) is 14.7. The van der Waals surface area contributed by atoms with Gasteiger partial charge >= 0.3 is 0 Å². The molecule has 2 rings (SSSR count). The molecule has 2 heterocycles. The number of halogens is 2. The number of hydrogen-bond donors (Lipinski definition) is 0. The molecule has 1 aromatic heterocycles. The molecule has 0 spiro atoms. The van der Waals surface area contributed by atoms with E-state index in [2.05, 4.69) is 11.0 Å². The smallest absolute Gasteiger partial charge is 0.256 e. The Kier molecular flexibility index (Phi) is 5.28. The van der Waals surface area contributed by atoms with Gasteiger partial charge in [0.1, 0.15) is 4.34 Å². The van der Waals surface area contributed by atoms with E-state index in [1.165, 1.54) is 11.3 Å². The summed E-state index contributed by atoms with van der Waals surface area (Å²) < 4.78 is 0.957. The summed E-state index contributed by atoms with van der Waals surface area (Å²) in [6.07, 6.45) is 0.802. The summed E-state index contributed by atoms with van der Waals surface area (Å²) >= 11 is 13.1. The number of carbonyl (C=O) groups is 1. The van der Waals surface area contributed by atoms with Gasteiger partial charge in [-0.25, -0.2) is 0 Å². The minimum atomic E-state index is -0.0807. The van der Waals surface area contributed by atoms with Crippen LogP contribution in [0.3, 0.4) is 0 Å². The standard InChI is InChI=1S/C13H15Cl2N3OS/c1-2-9(8-16)17-3-5-18(6-4-17)13(19)10-7-11(14)20-12(10)15/h7,9H,2-6H2,1H3. The van der Waals surface area contributed by atoms with Gasteiger partial charge in [-0.2, -0.15) is 5.26 Å². The Hall–Kier alpha value is -0.800. The third-order valence-corrected chi connectivity index (χ3v) is 4.95. The minimum absolute atomic E-state index is 0.0635. The molecule has 1 aromatic rings. The van der Waals surface area contributed by atoms with Crippen molar-refractivity contribution in [2.24, 2.45) is 0 Å². The maximum Gasteiger partial charge on any atom is 0.256 e. The number of amides is 1. The van der Waals surface area contributed by atoms with Crippen molar-refractivity contribution in [3.05, 3.63) is 20.3 Å². The van der Waals surface area contributed by atoms with Gasteiger partial charge < -0.3 is 4.90 Å². The fourth-order valence-corrected chi connectivity index (χ4v) is 3.77. The monoisotopic (exact) mass is 331 g/mol.